The number of carbonyl (C=O) groups is 2. The molecule has 0 aliphatic heterocycles. The number of esters is 1. The number of carbonyl (C=O) groups excluding carboxylic acids is 2. The number of rotatable bonds is 10. The summed E-state index contributed by atoms with van der Waals surface area (Å²) in [6, 6.07) is 24.9. The Morgan fingerprint density at radius 3 is 2.53 bits per heavy atom. The molecule has 2 heterocycles. The monoisotopic (exact) mass is 561 g/mol. The highest BCUT2D eigenvalue weighted by molar-refractivity contribution is 8.00. The Bertz CT molecular complexity index is 1540. The second kappa shape index (κ2) is 12.2. The lowest BCUT2D eigenvalue weighted by atomic mass is 10.2. The first-order valence-electron chi connectivity index (χ1n) is 11.6. The van der Waals surface area contributed by atoms with Gasteiger partial charge in [0.1, 0.15) is 5.82 Å². The molecule has 38 heavy (non-hydrogen) atoms. The maximum atomic E-state index is 12.8. The standard InChI is InChI=1S/C27H23N5O3S3/c1-35-25(34)19-11-5-6-12-20(19)28-24(33)17-36-26-31-30-23(32(26)15-18-9-3-2-4-10-18)16-37-27-29-21-13-7-8-14-22(21)38-27/h2-14H,15-17H2,1H3,(H,28,33). The summed E-state index contributed by atoms with van der Waals surface area (Å²) in [5.74, 6) is 0.737. The van der Waals surface area contributed by atoms with E-state index in [-0.39, 0.29) is 11.7 Å². The van der Waals surface area contributed by atoms with E-state index in [2.05, 4.69) is 33.7 Å². The number of para-hydroxylation sites is 2. The van der Waals surface area contributed by atoms with Gasteiger partial charge in [-0.05, 0) is 29.8 Å². The molecule has 3 aromatic carbocycles. The Kier molecular flexibility index (Phi) is 8.37. The van der Waals surface area contributed by atoms with E-state index in [4.69, 9.17) is 9.72 Å². The zero-order chi connectivity index (χ0) is 26.3. The third-order valence-corrected chi connectivity index (χ3v) is 8.66. The Labute approximate surface area is 231 Å². The first-order chi connectivity index (χ1) is 18.6. The van der Waals surface area contributed by atoms with Crippen LogP contribution in [0.3, 0.4) is 0 Å². The molecule has 0 fully saturated rings. The fourth-order valence-electron chi connectivity index (χ4n) is 3.69. The van der Waals surface area contributed by atoms with E-state index in [9.17, 15) is 9.59 Å². The molecule has 1 amide bonds. The van der Waals surface area contributed by atoms with Crippen LogP contribution in [0.1, 0.15) is 21.7 Å². The average Bonchev–Trinajstić information content (AvgIpc) is 3.54. The van der Waals surface area contributed by atoms with Crippen molar-refractivity contribution in [3.8, 4) is 0 Å². The number of methoxy groups -OCH3 is 1. The van der Waals surface area contributed by atoms with E-state index in [0.29, 0.717) is 28.7 Å². The minimum absolute atomic E-state index is 0.105. The lowest BCUT2D eigenvalue weighted by Gasteiger charge is -2.11. The van der Waals surface area contributed by atoms with Crippen LogP contribution in [-0.2, 0) is 21.8 Å². The number of hydrogen-bond acceptors (Lipinski definition) is 9. The Morgan fingerprint density at radius 1 is 0.947 bits per heavy atom. The fraction of sp³-hybridized carbons (Fsp3) is 0.148. The number of thiazole rings is 1. The van der Waals surface area contributed by atoms with Crippen molar-refractivity contribution in [3.63, 3.8) is 0 Å². The largest absolute Gasteiger partial charge is 0.465 e. The normalized spacial score (nSPS) is 11.0. The zero-order valence-corrected chi connectivity index (χ0v) is 22.8. The van der Waals surface area contributed by atoms with Crippen LogP contribution in [0.4, 0.5) is 5.69 Å². The van der Waals surface area contributed by atoms with Crippen LogP contribution < -0.4 is 5.32 Å². The minimum atomic E-state index is -0.508. The Balaban J connectivity index is 1.30. The first kappa shape index (κ1) is 26.0. The highest BCUT2D eigenvalue weighted by Gasteiger charge is 2.18. The molecule has 0 unspecified atom stereocenters. The average molecular weight is 562 g/mol. The van der Waals surface area contributed by atoms with E-state index in [1.54, 1.807) is 47.4 Å². The number of hydrogen-bond donors (Lipinski definition) is 1. The number of ether oxygens (including phenoxy) is 1. The summed E-state index contributed by atoms with van der Waals surface area (Å²) in [5.41, 5.74) is 2.80. The van der Waals surface area contributed by atoms with Gasteiger partial charge in [0.25, 0.3) is 0 Å². The molecular formula is C27H23N5O3S3. The van der Waals surface area contributed by atoms with Crippen molar-refractivity contribution in [1.29, 1.82) is 0 Å². The number of nitrogens with zero attached hydrogens (tertiary/aromatic N) is 4. The van der Waals surface area contributed by atoms with Crippen molar-refractivity contribution in [3.05, 3.63) is 95.8 Å². The Morgan fingerprint density at radius 2 is 1.71 bits per heavy atom. The third kappa shape index (κ3) is 6.24. The van der Waals surface area contributed by atoms with Crippen molar-refractivity contribution in [2.75, 3.05) is 18.2 Å². The number of nitrogens with one attached hydrogen (secondary N) is 1. The number of anilines is 1. The van der Waals surface area contributed by atoms with E-state index >= 15 is 0 Å². The molecule has 0 saturated heterocycles. The summed E-state index contributed by atoms with van der Waals surface area (Å²) in [7, 11) is 1.31. The van der Waals surface area contributed by atoms with Gasteiger partial charge in [0.15, 0.2) is 9.50 Å². The highest BCUT2D eigenvalue weighted by atomic mass is 32.2. The Hall–Kier alpha value is -3.67. The summed E-state index contributed by atoms with van der Waals surface area (Å²) in [4.78, 5) is 29.5. The molecule has 2 aromatic heterocycles. The SMILES string of the molecule is COC(=O)c1ccccc1NC(=O)CSc1nnc(CSc2nc3ccccc3s2)n1Cc1ccccc1. The van der Waals surface area contributed by atoms with Crippen LogP contribution in [0, 0.1) is 0 Å². The number of fused-ring (bicyclic) bond motifs is 1. The lowest BCUT2D eigenvalue weighted by Crippen LogP contribution is -2.17. The van der Waals surface area contributed by atoms with Gasteiger partial charge in [-0.15, -0.1) is 21.5 Å². The molecule has 5 rings (SSSR count). The predicted molar refractivity (Wildman–Crippen MR) is 152 cm³/mol. The quantitative estimate of drug-likeness (QED) is 0.170. The summed E-state index contributed by atoms with van der Waals surface area (Å²) in [6.07, 6.45) is 0. The maximum absolute atomic E-state index is 12.8. The summed E-state index contributed by atoms with van der Waals surface area (Å²) in [6.45, 7) is 0.582. The van der Waals surface area contributed by atoms with Gasteiger partial charge in [0.05, 0.1) is 46.6 Å². The van der Waals surface area contributed by atoms with Crippen molar-refractivity contribution >= 4 is 62.6 Å². The molecule has 11 heteroatoms. The molecule has 192 valence electrons. The van der Waals surface area contributed by atoms with Gasteiger partial charge in [-0.1, -0.05) is 78.1 Å². The molecule has 0 aliphatic rings. The number of amides is 1. The number of thioether (sulfide) groups is 2. The molecule has 0 atom stereocenters. The molecule has 0 bridgehead atoms. The van der Waals surface area contributed by atoms with Crippen LogP contribution in [0.25, 0.3) is 10.2 Å². The van der Waals surface area contributed by atoms with E-state index in [0.717, 1.165) is 25.9 Å². The second-order valence-corrected chi connectivity index (χ2v) is 11.3. The molecule has 0 aliphatic carbocycles. The van der Waals surface area contributed by atoms with Crippen LogP contribution in [-0.4, -0.2) is 44.5 Å². The molecule has 5 aromatic rings. The smallest absolute Gasteiger partial charge is 0.339 e. The third-order valence-electron chi connectivity index (χ3n) is 5.51. The molecule has 0 radical (unpaired) electrons. The summed E-state index contributed by atoms with van der Waals surface area (Å²) < 4.78 is 8.97. The van der Waals surface area contributed by atoms with Crippen LogP contribution in [0.5, 0.6) is 0 Å². The number of aromatic nitrogens is 4. The second-order valence-electron chi connectivity index (χ2n) is 8.08. The van der Waals surface area contributed by atoms with Gasteiger partial charge in [0.2, 0.25) is 5.91 Å². The molecular weight excluding hydrogens is 539 g/mol. The van der Waals surface area contributed by atoms with Crippen molar-refractivity contribution in [2.45, 2.75) is 21.8 Å². The summed E-state index contributed by atoms with van der Waals surface area (Å²) in [5, 5.41) is 12.3. The van der Waals surface area contributed by atoms with Crippen LogP contribution >= 0.6 is 34.9 Å². The topological polar surface area (TPSA) is 99.0 Å². The van der Waals surface area contributed by atoms with E-state index in [1.165, 1.54) is 18.9 Å². The number of benzene rings is 3. The van der Waals surface area contributed by atoms with Crippen molar-refractivity contribution in [2.24, 2.45) is 0 Å². The van der Waals surface area contributed by atoms with E-state index in [1.807, 2.05) is 41.0 Å². The van der Waals surface area contributed by atoms with Crippen molar-refractivity contribution < 1.29 is 14.3 Å². The van der Waals surface area contributed by atoms with Crippen molar-refractivity contribution in [1.82, 2.24) is 19.7 Å². The van der Waals surface area contributed by atoms with Gasteiger partial charge >= 0.3 is 5.97 Å². The van der Waals surface area contributed by atoms with Gasteiger partial charge in [0, 0.05) is 0 Å². The van der Waals surface area contributed by atoms with Crippen LogP contribution in [0.2, 0.25) is 0 Å². The lowest BCUT2D eigenvalue weighted by molar-refractivity contribution is -0.113. The zero-order valence-electron chi connectivity index (χ0n) is 20.4. The molecule has 1 N–H and O–H groups in total. The predicted octanol–water partition coefficient (Wildman–Crippen LogP) is 5.75. The van der Waals surface area contributed by atoms with Gasteiger partial charge < -0.3 is 14.6 Å². The fourth-order valence-corrected chi connectivity index (χ4v) is 6.46. The molecule has 8 nitrogen and oxygen atoms in total. The molecule has 0 saturated carbocycles. The van der Waals surface area contributed by atoms with E-state index < -0.39 is 5.97 Å². The van der Waals surface area contributed by atoms with Gasteiger partial charge in [-0.25, -0.2) is 9.78 Å². The molecule has 0 spiro atoms. The van der Waals surface area contributed by atoms with Gasteiger partial charge in [-0.3, -0.25) is 4.79 Å². The first-order valence-corrected chi connectivity index (χ1v) is 14.4. The highest BCUT2D eigenvalue weighted by Crippen LogP contribution is 2.32. The van der Waals surface area contributed by atoms with Crippen LogP contribution in [0.15, 0.2) is 88.4 Å². The summed E-state index contributed by atoms with van der Waals surface area (Å²) >= 11 is 4.58. The minimum Gasteiger partial charge on any atom is -0.465 e. The maximum Gasteiger partial charge on any atom is 0.339 e. The van der Waals surface area contributed by atoms with Gasteiger partial charge in [-0.2, -0.15) is 0 Å².